The Labute approximate surface area is 85.8 Å². The van der Waals surface area contributed by atoms with Gasteiger partial charge in [-0.1, -0.05) is 26.7 Å². The summed E-state index contributed by atoms with van der Waals surface area (Å²) in [5.41, 5.74) is 0. The SMILES string of the molecule is CCCCOP(O)OCCCC.P. The molecule has 0 rings (SSSR count). The van der Waals surface area contributed by atoms with Gasteiger partial charge in [-0.15, -0.1) is 0 Å². The molecule has 5 heteroatoms. The van der Waals surface area contributed by atoms with E-state index < -0.39 is 8.60 Å². The van der Waals surface area contributed by atoms with Crippen LogP contribution in [0.4, 0.5) is 0 Å². The van der Waals surface area contributed by atoms with Crippen LogP contribution in [0.1, 0.15) is 39.5 Å². The normalized spacial score (nSPS) is 10.2. The van der Waals surface area contributed by atoms with E-state index in [2.05, 4.69) is 13.8 Å². The number of hydrogen-bond donors (Lipinski definition) is 1. The molecule has 0 aromatic carbocycles. The molecule has 0 saturated heterocycles. The van der Waals surface area contributed by atoms with Crippen molar-refractivity contribution < 1.29 is 13.9 Å². The lowest BCUT2D eigenvalue weighted by molar-refractivity contribution is 0.196. The fourth-order valence-corrected chi connectivity index (χ4v) is 1.26. The Morgan fingerprint density at radius 1 is 1.00 bits per heavy atom. The quantitative estimate of drug-likeness (QED) is 0.512. The maximum absolute atomic E-state index is 9.12. The van der Waals surface area contributed by atoms with Crippen LogP contribution in [0.3, 0.4) is 0 Å². The second-order valence-corrected chi connectivity index (χ2v) is 3.60. The highest BCUT2D eigenvalue weighted by molar-refractivity contribution is 7.40. The van der Waals surface area contributed by atoms with Gasteiger partial charge in [0, 0.05) is 0 Å². The molecule has 0 saturated carbocycles. The molecule has 0 aromatic rings. The Morgan fingerprint density at radius 2 is 1.38 bits per heavy atom. The first-order valence-corrected chi connectivity index (χ1v) is 5.69. The van der Waals surface area contributed by atoms with Gasteiger partial charge in [0.25, 0.3) is 0 Å². The molecule has 1 N–H and O–H groups in total. The van der Waals surface area contributed by atoms with E-state index in [0.29, 0.717) is 13.2 Å². The third kappa shape index (κ3) is 12.7. The van der Waals surface area contributed by atoms with Gasteiger partial charge in [0.15, 0.2) is 0 Å². The molecule has 0 spiro atoms. The van der Waals surface area contributed by atoms with Crippen LogP contribution in [-0.4, -0.2) is 18.1 Å². The summed E-state index contributed by atoms with van der Waals surface area (Å²) >= 11 is 0. The molecule has 3 nitrogen and oxygen atoms in total. The molecule has 0 bridgehead atoms. The van der Waals surface area contributed by atoms with Gasteiger partial charge in [-0.25, -0.2) is 0 Å². The second kappa shape index (κ2) is 12.7. The minimum Gasteiger partial charge on any atom is -0.328 e. The predicted molar refractivity (Wildman–Crippen MR) is 62.0 cm³/mol. The first kappa shape index (κ1) is 16.2. The Hall–Kier alpha value is 0.740. The Balaban J connectivity index is 0. The van der Waals surface area contributed by atoms with E-state index in [1.807, 2.05) is 0 Å². The first-order chi connectivity index (χ1) is 5.81. The van der Waals surface area contributed by atoms with Gasteiger partial charge in [-0.3, -0.25) is 0 Å². The number of unbranched alkanes of at least 4 members (excludes halogenated alkanes) is 2. The van der Waals surface area contributed by atoms with Crippen molar-refractivity contribution >= 4 is 18.5 Å². The van der Waals surface area contributed by atoms with Crippen molar-refractivity contribution in [3.63, 3.8) is 0 Å². The van der Waals surface area contributed by atoms with Crippen molar-refractivity contribution in [1.29, 1.82) is 0 Å². The minimum absolute atomic E-state index is 0. The van der Waals surface area contributed by atoms with Gasteiger partial charge >= 0.3 is 8.60 Å². The summed E-state index contributed by atoms with van der Waals surface area (Å²) in [7, 11) is -1.60. The molecule has 13 heavy (non-hydrogen) atoms. The Morgan fingerprint density at radius 3 is 1.69 bits per heavy atom. The van der Waals surface area contributed by atoms with E-state index in [1.54, 1.807) is 0 Å². The zero-order valence-corrected chi connectivity index (χ0v) is 11.0. The molecule has 0 aliphatic rings. The van der Waals surface area contributed by atoms with Gasteiger partial charge in [-0.05, 0) is 12.8 Å². The van der Waals surface area contributed by atoms with Crippen molar-refractivity contribution in [2.75, 3.05) is 13.2 Å². The van der Waals surface area contributed by atoms with Crippen LogP contribution in [0.15, 0.2) is 0 Å². The maximum atomic E-state index is 9.12. The summed E-state index contributed by atoms with van der Waals surface area (Å²) in [6.07, 6.45) is 4.13. The highest BCUT2D eigenvalue weighted by Crippen LogP contribution is 2.32. The Kier molecular flexibility index (Phi) is 15.9. The summed E-state index contributed by atoms with van der Waals surface area (Å²) in [6.45, 7) is 5.37. The van der Waals surface area contributed by atoms with Gasteiger partial charge in [0.2, 0.25) is 0 Å². The topological polar surface area (TPSA) is 38.7 Å². The van der Waals surface area contributed by atoms with Gasteiger partial charge in [0.1, 0.15) is 0 Å². The fourth-order valence-electron chi connectivity index (χ4n) is 0.611. The molecule has 0 radical (unpaired) electrons. The average molecular weight is 228 g/mol. The smallest absolute Gasteiger partial charge is 0.328 e. The highest BCUT2D eigenvalue weighted by Gasteiger charge is 2.04. The second-order valence-electron chi connectivity index (χ2n) is 2.61. The lowest BCUT2D eigenvalue weighted by Crippen LogP contribution is -1.94. The van der Waals surface area contributed by atoms with Crippen molar-refractivity contribution in [3.8, 4) is 0 Å². The van der Waals surface area contributed by atoms with Crippen LogP contribution in [0.25, 0.3) is 0 Å². The highest BCUT2D eigenvalue weighted by atomic mass is 31.2. The van der Waals surface area contributed by atoms with E-state index in [0.717, 1.165) is 25.7 Å². The van der Waals surface area contributed by atoms with Gasteiger partial charge < -0.3 is 13.9 Å². The molecule has 0 fully saturated rings. The average Bonchev–Trinajstić information content (AvgIpc) is 2.06. The third-order valence-electron chi connectivity index (χ3n) is 1.40. The molecule has 1 atom stereocenters. The zero-order valence-electron chi connectivity index (χ0n) is 8.66. The van der Waals surface area contributed by atoms with Crippen molar-refractivity contribution in [1.82, 2.24) is 0 Å². The monoisotopic (exact) mass is 228 g/mol. The van der Waals surface area contributed by atoms with E-state index >= 15 is 0 Å². The van der Waals surface area contributed by atoms with Crippen molar-refractivity contribution in [2.45, 2.75) is 39.5 Å². The predicted octanol–water partition coefficient (Wildman–Crippen LogP) is 2.90. The lowest BCUT2D eigenvalue weighted by atomic mass is 10.4. The van der Waals surface area contributed by atoms with Gasteiger partial charge in [0.05, 0.1) is 13.2 Å². The summed E-state index contributed by atoms with van der Waals surface area (Å²) in [6, 6.07) is 0. The lowest BCUT2D eigenvalue weighted by Gasteiger charge is -2.09. The summed E-state index contributed by atoms with van der Waals surface area (Å²) in [5.74, 6) is 0. The van der Waals surface area contributed by atoms with E-state index in [4.69, 9.17) is 13.9 Å². The molecule has 82 valence electrons. The molecule has 0 aliphatic heterocycles. The van der Waals surface area contributed by atoms with E-state index in [9.17, 15) is 0 Å². The summed E-state index contributed by atoms with van der Waals surface area (Å²) in [5, 5.41) is 0. The molecule has 0 amide bonds. The van der Waals surface area contributed by atoms with Crippen LogP contribution >= 0.6 is 18.5 Å². The molecular formula is C8H22O3P2. The fraction of sp³-hybridized carbons (Fsp3) is 1.00. The molecule has 0 heterocycles. The van der Waals surface area contributed by atoms with Crippen LogP contribution in [0.5, 0.6) is 0 Å². The third-order valence-corrected chi connectivity index (χ3v) is 2.21. The zero-order chi connectivity index (χ0) is 9.23. The van der Waals surface area contributed by atoms with Crippen molar-refractivity contribution in [2.24, 2.45) is 0 Å². The standard InChI is InChI=1S/C8H19O3P.H3P/c1-3-5-7-10-12(9)11-8-6-4-2;/h9H,3-8H2,1-2H3;1H3. The van der Waals surface area contributed by atoms with Crippen LogP contribution in [0.2, 0.25) is 0 Å². The van der Waals surface area contributed by atoms with E-state index in [-0.39, 0.29) is 9.90 Å². The number of hydrogen-bond acceptors (Lipinski definition) is 3. The summed E-state index contributed by atoms with van der Waals surface area (Å²) < 4.78 is 10.1. The molecule has 1 unspecified atom stereocenters. The van der Waals surface area contributed by atoms with Crippen LogP contribution < -0.4 is 0 Å². The van der Waals surface area contributed by atoms with E-state index in [1.165, 1.54) is 0 Å². The Bertz CT molecular complexity index is 83.5. The minimum atomic E-state index is -1.60. The van der Waals surface area contributed by atoms with Crippen LogP contribution in [-0.2, 0) is 9.05 Å². The van der Waals surface area contributed by atoms with Gasteiger partial charge in [-0.2, -0.15) is 9.90 Å². The first-order valence-electron chi connectivity index (χ1n) is 4.56. The van der Waals surface area contributed by atoms with Crippen molar-refractivity contribution in [3.05, 3.63) is 0 Å². The summed E-state index contributed by atoms with van der Waals surface area (Å²) in [4.78, 5) is 9.12. The molecular weight excluding hydrogens is 206 g/mol. The molecule has 0 aromatic heterocycles. The maximum Gasteiger partial charge on any atom is 0.329 e. The van der Waals surface area contributed by atoms with Crippen LogP contribution in [0, 0.1) is 0 Å². The number of rotatable bonds is 8. The largest absolute Gasteiger partial charge is 0.329 e. The molecule has 0 aliphatic carbocycles.